The molecule has 3 aliphatic carbocycles. The van der Waals surface area contributed by atoms with Crippen LogP contribution in [0.25, 0.3) is 32.8 Å². The summed E-state index contributed by atoms with van der Waals surface area (Å²) in [6.07, 6.45) is 6.47. The summed E-state index contributed by atoms with van der Waals surface area (Å²) in [6, 6.07) is 3.94. The van der Waals surface area contributed by atoms with E-state index in [2.05, 4.69) is 33.5 Å². The van der Waals surface area contributed by atoms with E-state index in [1.54, 1.807) is 11.3 Å². The molecule has 29 heavy (non-hydrogen) atoms. The Morgan fingerprint density at radius 1 is 1.14 bits per heavy atom. The van der Waals surface area contributed by atoms with Crippen molar-refractivity contribution in [2.24, 2.45) is 17.8 Å². The fourth-order valence-electron chi connectivity index (χ4n) is 5.28. The second-order valence-electron chi connectivity index (χ2n) is 8.36. The average Bonchev–Trinajstić information content (AvgIpc) is 3.37. The molecule has 2 unspecified atom stereocenters. The van der Waals surface area contributed by atoms with Gasteiger partial charge in [-0.2, -0.15) is 5.10 Å². The molecule has 4 aromatic rings. The Bertz CT molecular complexity index is 1210. The average molecular weight is 409 g/mol. The molecule has 3 saturated carbocycles. The highest BCUT2D eigenvalue weighted by Gasteiger charge is 2.41. The lowest BCUT2D eigenvalue weighted by molar-refractivity contribution is 0.0929. The molecule has 3 fully saturated rings. The number of nitrogens with one attached hydrogen (secondary N) is 2. The molecular formula is C21H21FN6S. The van der Waals surface area contributed by atoms with Crippen molar-refractivity contribution >= 4 is 38.4 Å². The number of hydrogen-bond donors (Lipinski definition) is 2. The van der Waals surface area contributed by atoms with Gasteiger partial charge < -0.3 is 5.32 Å². The molecule has 0 amide bonds. The van der Waals surface area contributed by atoms with Gasteiger partial charge in [0, 0.05) is 6.04 Å². The largest absolute Gasteiger partial charge is 0.366 e. The van der Waals surface area contributed by atoms with Crippen molar-refractivity contribution in [3.05, 3.63) is 29.5 Å². The standard InChI is InChI=1S/C21H21FN6S/c1-10-11-2-4-12(5-3-11)16(10)24-19-14-6-7-29-21(14)26-20(25-19)17-15-8-13(22)9-23-18(15)28-27-17/h6-12,16H,2-5H2,1H3,(H,23,27,28)(H,24,25,26). The summed E-state index contributed by atoms with van der Waals surface area (Å²) >= 11 is 1.58. The summed E-state index contributed by atoms with van der Waals surface area (Å²) < 4.78 is 13.8. The highest BCUT2D eigenvalue weighted by molar-refractivity contribution is 7.16. The van der Waals surface area contributed by atoms with Crippen molar-refractivity contribution in [3.8, 4) is 11.5 Å². The Hall–Kier alpha value is -2.61. The SMILES string of the molecule is CC1C2CCC(CC2)C1Nc1nc(-c2[nH]nc3ncc(F)cc23)nc2sccc12. The number of anilines is 1. The van der Waals surface area contributed by atoms with Crippen molar-refractivity contribution in [2.75, 3.05) is 5.32 Å². The number of H-pyrrole nitrogens is 1. The van der Waals surface area contributed by atoms with Crippen LogP contribution in [0.5, 0.6) is 0 Å². The van der Waals surface area contributed by atoms with E-state index in [9.17, 15) is 4.39 Å². The Kier molecular flexibility index (Phi) is 3.84. The van der Waals surface area contributed by atoms with Crippen LogP contribution in [0.2, 0.25) is 0 Å². The number of thiophene rings is 1. The van der Waals surface area contributed by atoms with Crippen LogP contribution in [0.3, 0.4) is 0 Å². The van der Waals surface area contributed by atoms with Gasteiger partial charge in [0.25, 0.3) is 0 Å². The zero-order valence-electron chi connectivity index (χ0n) is 16.0. The maximum atomic E-state index is 13.8. The van der Waals surface area contributed by atoms with Crippen LogP contribution in [0.4, 0.5) is 10.2 Å². The van der Waals surface area contributed by atoms with Crippen LogP contribution < -0.4 is 5.32 Å². The second-order valence-corrected chi connectivity index (χ2v) is 9.26. The molecule has 0 spiro atoms. The van der Waals surface area contributed by atoms with Crippen LogP contribution in [-0.4, -0.2) is 31.2 Å². The summed E-state index contributed by atoms with van der Waals surface area (Å²) in [5, 5.41) is 14.6. The zero-order chi connectivity index (χ0) is 19.5. The number of hydrogen-bond acceptors (Lipinski definition) is 6. The van der Waals surface area contributed by atoms with Crippen LogP contribution in [-0.2, 0) is 0 Å². The minimum atomic E-state index is -0.400. The molecule has 0 saturated heterocycles. The summed E-state index contributed by atoms with van der Waals surface area (Å²) in [5.41, 5.74) is 1.06. The van der Waals surface area contributed by atoms with Crippen molar-refractivity contribution in [1.29, 1.82) is 0 Å². The normalized spacial score (nSPS) is 26.4. The van der Waals surface area contributed by atoms with Gasteiger partial charge in [0.2, 0.25) is 0 Å². The predicted octanol–water partition coefficient (Wildman–Crippen LogP) is 5.01. The number of aromatic nitrogens is 5. The van der Waals surface area contributed by atoms with E-state index >= 15 is 0 Å². The lowest BCUT2D eigenvalue weighted by atomic mass is 9.62. The Balaban J connectivity index is 1.46. The van der Waals surface area contributed by atoms with Gasteiger partial charge in [-0.15, -0.1) is 11.3 Å². The van der Waals surface area contributed by atoms with Crippen molar-refractivity contribution < 1.29 is 4.39 Å². The third kappa shape index (κ3) is 2.73. The first-order chi connectivity index (χ1) is 14.2. The van der Waals surface area contributed by atoms with E-state index in [0.29, 0.717) is 40.4 Å². The molecule has 0 aliphatic heterocycles. The number of fused-ring (bicyclic) bond motifs is 5. The maximum Gasteiger partial charge on any atom is 0.181 e. The second kappa shape index (κ2) is 6.45. The topological polar surface area (TPSA) is 79.4 Å². The first kappa shape index (κ1) is 17.3. The van der Waals surface area contributed by atoms with Gasteiger partial charge in [-0.25, -0.2) is 19.3 Å². The van der Waals surface area contributed by atoms with Crippen LogP contribution in [0.1, 0.15) is 32.6 Å². The minimum Gasteiger partial charge on any atom is -0.366 e. The monoisotopic (exact) mass is 408 g/mol. The first-order valence-electron chi connectivity index (χ1n) is 10.2. The highest BCUT2D eigenvalue weighted by Crippen LogP contribution is 2.46. The first-order valence-corrected chi connectivity index (χ1v) is 11.1. The molecule has 6 nitrogen and oxygen atoms in total. The number of nitrogens with zero attached hydrogens (tertiary/aromatic N) is 4. The quantitative estimate of drug-likeness (QED) is 0.498. The molecule has 8 heteroatoms. The van der Waals surface area contributed by atoms with Crippen molar-refractivity contribution in [1.82, 2.24) is 25.1 Å². The van der Waals surface area contributed by atoms with Gasteiger partial charge in [0.1, 0.15) is 22.2 Å². The fraction of sp³-hybridized carbons (Fsp3) is 0.429. The van der Waals surface area contributed by atoms with Crippen LogP contribution >= 0.6 is 11.3 Å². The maximum absolute atomic E-state index is 13.8. The Morgan fingerprint density at radius 3 is 2.79 bits per heavy atom. The molecule has 148 valence electrons. The molecular weight excluding hydrogens is 387 g/mol. The highest BCUT2D eigenvalue weighted by atomic mass is 32.1. The Labute approximate surface area is 171 Å². The molecule has 4 aromatic heterocycles. The number of pyridine rings is 1. The molecule has 3 aliphatic rings. The van der Waals surface area contributed by atoms with Gasteiger partial charge in [-0.1, -0.05) is 6.92 Å². The molecule has 7 rings (SSSR count). The van der Waals surface area contributed by atoms with Crippen LogP contribution in [0, 0.1) is 23.6 Å². The van der Waals surface area contributed by atoms with Gasteiger partial charge in [-0.05, 0) is 60.9 Å². The van der Waals surface area contributed by atoms with E-state index in [-0.39, 0.29) is 0 Å². The molecule has 0 radical (unpaired) electrons. The lowest BCUT2D eigenvalue weighted by Crippen LogP contribution is -2.47. The summed E-state index contributed by atoms with van der Waals surface area (Å²) in [7, 11) is 0. The summed E-state index contributed by atoms with van der Waals surface area (Å²) in [5.74, 6) is 3.13. The van der Waals surface area contributed by atoms with E-state index in [1.807, 2.05) is 5.38 Å². The molecule has 4 heterocycles. The summed E-state index contributed by atoms with van der Waals surface area (Å²) in [6.45, 7) is 2.37. The van der Waals surface area contributed by atoms with Crippen molar-refractivity contribution in [2.45, 2.75) is 38.6 Å². The van der Waals surface area contributed by atoms with Gasteiger partial charge >= 0.3 is 0 Å². The van der Waals surface area contributed by atoms with Gasteiger partial charge in [0.15, 0.2) is 11.5 Å². The molecule has 2 N–H and O–H groups in total. The smallest absolute Gasteiger partial charge is 0.181 e. The predicted molar refractivity (Wildman–Crippen MR) is 112 cm³/mol. The van der Waals surface area contributed by atoms with E-state index in [0.717, 1.165) is 22.0 Å². The third-order valence-electron chi connectivity index (χ3n) is 6.86. The molecule has 2 bridgehead atoms. The van der Waals surface area contributed by atoms with Gasteiger partial charge in [-0.3, -0.25) is 5.10 Å². The molecule has 2 atom stereocenters. The summed E-state index contributed by atoms with van der Waals surface area (Å²) in [4.78, 5) is 14.6. The van der Waals surface area contributed by atoms with E-state index in [1.165, 1.54) is 37.9 Å². The number of rotatable bonds is 3. The van der Waals surface area contributed by atoms with E-state index in [4.69, 9.17) is 9.97 Å². The number of halogens is 1. The van der Waals surface area contributed by atoms with E-state index < -0.39 is 5.82 Å². The lowest BCUT2D eigenvalue weighted by Gasteiger charge is -2.47. The van der Waals surface area contributed by atoms with Gasteiger partial charge in [0.05, 0.1) is 17.0 Å². The number of aromatic amines is 1. The molecule has 0 aromatic carbocycles. The van der Waals surface area contributed by atoms with Crippen LogP contribution in [0.15, 0.2) is 23.7 Å². The zero-order valence-corrected chi connectivity index (χ0v) is 16.8. The van der Waals surface area contributed by atoms with Crippen molar-refractivity contribution in [3.63, 3.8) is 0 Å². The Morgan fingerprint density at radius 2 is 1.97 bits per heavy atom. The minimum absolute atomic E-state index is 0.400. The third-order valence-corrected chi connectivity index (χ3v) is 7.67. The fourth-order valence-corrected chi connectivity index (χ4v) is 6.05.